The molecule has 2 aliphatic rings. The van der Waals surface area contributed by atoms with Crippen molar-refractivity contribution in [1.29, 1.82) is 0 Å². The maximum absolute atomic E-state index is 11.3. The number of carbonyl (C=O) groups is 1. The minimum atomic E-state index is -0.958. The Kier molecular flexibility index (Phi) is 2.86. The van der Waals surface area contributed by atoms with E-state index in [4.69, 9.17) is 5.73 Å². The number of anilines is 2. The fourth-order valence-electron chi connectivity index (χ4n) is 3.51. The number of aromatic carboxylic acids is 1. The van der Waals surface area contributed by atoms with Crippen LogP contribution in [0.4, 0.5) is 11.4 Å². The molecule has 5 nitrogen and oxygen atoms in total. The predicted molar refractivity (Wildman–Crippen MR) is 72.2 cm³/mol. The third-order valence-electron chi connectivity index (χ3n) is 4.43. The summed E-state index contributed by atoms with van der Waals surface area (Å²) in [7, 11) is 0. The van der Waals surface area contributed by atoms with E-state index in [0.717, 1.165) is 19.4 Å². The average molecular weight is 262 g/mol. The van der Waals surface area contributed by atoms with Gasteiger partial charge in [0.1, 0.15) is 0 Å². The Bertz CT molecular complexity index is 517. The molecule has 5 heteroatoms. The SMILES string of the molecule is Nc1cccc(C(=O)O)c1N1CC2CCC(O)C2C1. The number of nitrogens with two attached hydrogens (primary N) is 1. The van der Waals surface area contributed by atoms with Crippen molar-refractivity contribution >= 4 is 17.3 Å². The van der Waals surface area contributed by atoms with E-state index in [0.29, 0.717) is 23.8 Å². The van der Waals surface area contributed by atoms with Gasteiger partial charge in [-0.2, -0.15) is 0 Å². The second-order valence-electron chi connectivity index (χ2n) is 5.52. The molecule has 3 unspecified atom stereocenters. The van der Waals surface area contributed by atoms with Gasteiger partial charge in [0, 0.05) is 19.0 Å². The summed E-state index contributed by atoms with van der Waals surface area (Å²) in [5.41, 5.74) is 7.30. The van der Waals surface area contributed by atoms with Crippen molar-refractivity contribution in [2.45, 2.75) is 18.9 Å². The smallest absolute Gasteiger partial charge is 0.337 e. The molecule has 1 aliphatic carbocycles. The molecule has 19 heavy (non-hydrogen) atoms. The molecule has 1 heterocycles. The Morgan fingerprint density at radius 2 is 2.11 bits per heavy atom. The molecule has 2 fully saturated rings. The molecule has 4 N–H and O–H groups in total. The van der Waals surface area contributed by atoms with Gasteiger partial charge in [0.15, 0.2) is 0 Å². The van der Waals surface area contributed by atoms with Gasteiger partial charge in [0.25, 0.3) is 0 Å². The molecule has 1 aromatic carbocycles. The van der Waals surface area contributed by atoms with Gasteiger partial charge >= 0.3 is 5.97 Å². The number of carboxylic acids is 1. The summed E-state index contributed by atoms with van der Waals surface area (Å²) in [6, 6.07) is 4.97. The zero-order valence-corrected chi connectivity index (χ0v) is 10.6. The zero-order valence-electron chi connectivity index (χ0n) is 10.6. The summed E-state index contributed by atoms with van der Waals surface area (Å²) in [6.07, 6.45) is 1.62. The molecule has 0 amide bonds. The van der Waals surface area contributed by atoms with Crippen molar-refractivity contribution in [3.8, 4) is 0 Å². The molecular formula is C14H18N2O3. The van der Waals surface area contributed by atoms with Crippen LogP contribution in [0.5, 0.6) is 0 Å². The number of rotatable bonds is 2. The lowest BCUT2D eigenvalue weighted by molar-refractivity contribution is 0.0697. The van der Waals surface area contributed by atoms with Crippen molar-refractivity contribution in [3.63, 3.8) is 0 Å². The third kappa shape index (κ3) is 1.94. The van der Waals surface area contributed by atoms with E-state index in [1.165, 1.54) is 0 Å². The first-order valence-corrected chi connectivity index (χ1v) is 6.62. The Morgan fingerprint density at radius 3 is 2.79 bits per heavy atom. The van der Waals surface area contributed by atoms with Gasteiger partial charge in [-0.1, -0.05) is 6.07 Å². The molecule has 102 valence electrons. The Balaban J connectivity index is 1.94. The second-order valence-corrected chi connectivity index (χ2v) is 5.52. The topological polar surface area (TPSA) is 86.8 Å². The first kappa shape index (κ1) is 12.3. The highest BCUT2D eigenvalue weighted by Crippen LogP contribution is 2.42. The van der Waals surface area contributed by atoms with Crippen LogP contribution in [-0.4, -0.2) is 35.4 Å². The molecule has 3 rings (SSSR count). The van der Waals surface area contributed by atoms with Crippen LogP contribution in [0.3, 0.4) is 0 Å². The van der Waals surface area contributed by atoms with Crippen LogP contribution in [0.15, 0.2) is 18.2 Å². The van der Waals surface area contributed by atoms with Crippen molar-refractivity contribution in [1.82, 2.24) is 0 Å². The van der Waals surface area contributed by atoms with Crippen molar-refractivity contribution < 1.29 is 15.0 Å². The summed E-state index contributed by atoms with van der Waals surface area (Å²) in [6.45, 7) is 1.48. The number of para-hydroxylation sites is 1. The Morgan fingerprint density at radius 1 is 1.32 bits per heavy atom. The van der Waals surface area contributed by atoms with E-state index in [9.17, 15) is 15.0 Å². The minimum Gasteiger partial charge on any atom is -0.478 e. The molecule has 0 radical (unpaired) electrons. The fraction of sp³-hybridized carbons (Fsp3) is 0.500. The standard InChI is InChI=1S/C14H18N2O3/c15-11-3-1-2-9(14(18)19)13(11)16-6-8-4-5-12(17)10(8)7-16/h1-3,8,10,12,17H,4-7,15H2,(H,18,19). The van der Waals surface area contributed by atoms with Crippen LogP contribution >= 0.6 is 0 Å². The number of hydrogen-bond donors (Lipinski definition) is 3. The molecule has 1 aromatic rings. The van der Waals surface area contributed by atoms with E-state index in [-0.39, 0.29) is 17.6 Å². The lowest BCUT2D eigenvalue weighted by Crippen LogP contribution is -2.26. The second kappa shape index (κ2) is 4.42. The Hall–Kier alpha value is -1.75. The monoisotopic (exact) mass is 262 g/mol. The quantitative estimate of drug-likeness (QED) is 0.697. The van der Waals surface area contributed by atoms with Crippen LogP contribution in [0.2, 0.25) is 0 Å². The van der Waals surface area contributed by atoms with Crippen LogP contribution in [0.25, 0.3) is 0 Å². The van der Waals surface area contributed by atoms with Gasteiger partial charge in [-0.25, -0.2) is 4.79 Å². The molecule has 1 saturated heterocycles. The van der Waals surface area contributed by atoms with Crippen molar-refractivity contribution in [3.05, 3.63) is 23.8 Å². The number of aliphatic hydroxyl groups is 1. The van der Waals surface area contributed by atoms with E-state index in [1.54, 1.807) is 18.2 Å². The molecular weight excluding hydrogens is 244 g/mol. The summed E-state index contributed by atoms with van der Waals surface area (Å²) < 4.78 is 0. The first-order chi connectivity index (χ1) is 9.08. The van der Waals surface area contributed by atoms with E-state index < -0.39 is 5.97 Å². The molecule has 1 saturated carbocycles. The van der Waals surface area contributed by atoms with Crippen molar-refractivity contribution in [2.24, 2.45) is 11.8 Å². The number of benzene rings is 1. The minimum absolute atomic E-state index is 0.245. The highest BCUT2D eigenvalue weighted by molar-refractivity contribution is 5.98. The van der Waals surface area contributed by atoms with Gasteiger partial charge < -0.3 is 20.8 Å². The molecule has 0 aromatic heterocycles. The van der Waals surface area contributed by atoms with Crippen LogP contribution < -0.4 is 10.6 Å². The number of aliphatic hydroxyl groups excluding tert-OH is 1. The number of fused-ring (bicyclic) bond motifs is 1. The van der Waals surface area contributed by atoms with E-state index in [2.05, 4.69) is 0 Å². The molecule has 0 spiro atoms. The zero-order chi connectivity index (χ0) is 13.6. The van der Waals surface area contributed by atoms with E-state index in [1.807, 2.05) is 4.90 Å². The summed E-state index contributed by atoms with van der Waals surface area (Å²) in [5.74, 6) is -0.252. The van der Waals surface area contributed by atoms with Gasteiger partial charge in [-0.05, 0) is 30.9 Å². The third-order valence-corrected chi connectivity index (χ3v) is 4.43. The van der Waals surface area contributed by atoms with Crippen LogP contribution in [0.1, 0.15) is 23.2 Å². The lowest BCUT2D eigenvalue weighted by Gasteiger charge is -2.24. The normalized spacial score (nSPS) is 29.5. The summed E-state index contributed by atoms with van der Waals surface area (Å²) >= 11 is 0. The molecule has 1 aliphatic heterocycles. The van der Waals surface area contributed by atoms with Gasteiger partial charge in [-0.15, -0.1) is 0 Å². The average Bonchev–Trinajstić information content (AvgIpc) is 2.91. The fourth-order valence-corrected chi connectivity index (χ4v) is 3.51. The summed E-state index contributed by atoms with van der Waals surface area (Å²) in [5, 5.41) is 19.2. The number of carboxylic acid groups (broad SMARTS) is 1. The van der Waals surface area contributed by atoms with Gasteiger partial charge in [-0.3, -0.25) is 0 Å². The van der Waals surface area contributed by atoms with Crippen LogP contribution in [-0.2, 0) is 0 Å². The predicted octanol–water partition coefficient (Wildman–Crippen LogP) is 1.17. The van der Waals surface area contributed by atoms with Gasteiger partial charge in [0.2, 0.25) is 0 Å². The summed E-state index contributed by atoms with van der Waals surface area (Å²) in [4.78, 5) is 13.3. The highest BCUT2D eigenvalue weighted by Gasteiger charge is 2.42. The van der Waals surface area contributed by atoms with Crippen LogP contribution in [0, 0.1) is 11.8 Å². The molecule has 0 bridgehead atoms. The van der Waals surface area contributed by atoms with Gasteiger partial charge in [0.05, 0.1) is 23.0 Å². The lowest BCUT2D eigenvalue weighted by atomic mass is 10.00. The first-order valence-electron chi connectivity index (χ1n) is 6.62. The Labute approximate surface area is 111 Å². The highest BCUT2D eigenvalue weighted by atomic mass is 16.4. The van der Waals surface area contributed by atoms with E-state index >= 15 is 0 Å². The maximum Gasteiger partial charge on any atom is 0.337 e. The molecule has 3 atom stereocenters. The number of nitrogen functional groups attached to an aromatic ring is 1. The largest absolute Gasteiger partial charge is 0.478 e. The maximum atomic E-state index is 11.3. The number of nitrogens with zero attached hydrogens (tertiary/aromatic N) is 1. The van der Waals surface area contributed by atoms with Crippen molar-refractivity contribution in [2.75, 3.05) is 23.7 Å². The number of hydrogen-bond acceptors (Lipinski definition) is 4.